The van der Waals surface area contributed by atoms with Crippen molar-refractivity contribution in [1.29, 1.82) is 0 Å². The maximum Gasteiger partial charge on any atom is 0.331 e. The Kier molecular flexibility index (Phi) is 4.30. The Morgan fingerprint density at radius 2 is 2.37 bits per heavy atom. The molecular weight excluding hydrogens is 268 g/mol. The van der Waals surface area contributed by atoms with Crippen LogP contribution in [0.25, 0.3) is 6.08 Å². The van der Waals surface area contributed by atoms with Crippen LogP contribution in [0.2, 0.25) is 0 Å². The minimum atomic E-state index is -0.612. The Labute approximate surface area is 113 Å². The molecule has 1 aromatic heterocycles. The predicted molar refractivity (Wildman–Crippen MR) is 69.4 cm³/mol. The second-order valence-corrected chi connectivity index (χ2v) is 4.56. The number of rotatable bonds is 4. The molecule has 1 saturated heterocycles. The Hall–Kier alpha value is -2.15. The van der Waals surface area contributed by atoms with Crippen LogP contribution in [0.5, 0.6) is 0 Å². The third-order valence-electron chi connectivity index (χ3n) is 2.45. The van der Waals surface area contributed by atoms with E-state index in [9.17, 15) is 14.4 Å². The van der Waals surface area contributed by atoms with Gasteiger partial charge in [0.25, 0.3) is 5.91 Å². The molecule has 0 aromatic carbocycles. The summed E-state index contributed by atoms with van der Waals surface area (Å²) in [6.45, 7) is 0.302. The van der Waals surface area contributed by atoms with E-state index in [0.29, 0.717) is 13.1 Å². The van der Waals surface area contributed by atoms with E-state index in [2.05, 4.69) is 5.32 Å². The highest BCUT2D eigenvalue weighted by Crippen LogP contribution is 2.07. The van der Waals surface area contributed by atoms with Gasteiger partial charge in [-0.3, -0.25) is 9.69 Å². The van der Waals surface area contributed by atoms with Crippen molar-refractivity contribution in [3.8, 4) is 0 Å². The van der Waals surface area contributed by atoms with Crippen LogP contribution in [0.3, 0.4) is 0 Å². The Bertz CT molecular complexity index is 510. The summed E-state index contributed by atoms with van der Waals surface area (Å²) in [5.74, 6) is -1.13. The molecule has 1 fully saturated rings. The minimum Gasteiger partial charge on any atom is -0.452 e. The molecule has 1 aliphatic heterocycles. The van der Waals surface area contributed by atoms with E-state index in [1.54, 1.807) is 6.08 Å². The summed E-state index contributed by atoms with van der Waals surface area (Å²) in [6.07, 6.45) is 2.85. The first-order valence-corrected chi connectivity index (χ1v) is 6.56. The molecule has 7 heteroatoms. The highest BCUT2D eigenvalue weighted by Gasteiger charge is 2.26. The van der Waals surface area contributed by atoms with Gasteiger partial charge in [0.05, 0.1) is 0 Å². The van der Waals surface area contributed by atoms with Crippen LogP contribution in [-0.4, -0.2) is 42.5 Å². The smallest absolute Gasteiger partial charge is 0.331 e. The zero-order valence-corrected chi connectivity index (χ0v) is 10.8. The lowest BCUT2D eigenvalue weighted by Gasteiger charge is -2.11. The number of ether oxygens (including phenoxy) is 1. The first-order chi connectivity index (χ1) is 9.16. The molecule has 2 heterocycles. The number of thiophene rings is 1. The van der Waals surface area contributed by atoms with Gasteiger partial charge in [-0.15, -0.1) is 0 Å². The number of urea groups is 1. The van der Waals surface area contributed by atoms with Crippen LogP contribution in [0.15, 0.2) is 22.9 Å². The molecule has 3 amide bonds. The zero-order valence-electron chi connectivity index (χ0n) is 10.00. The molecule has 0 atom stereocenters. The average molecular weight is 280 g/mol. The van der Waals surface area contributed by atoms with Gasteiger partial charge in [-0.1, -0.05) is 0 Å². The van der Waals surface area contributed by atoms with E-state index < -0.39 is 24.5 Å². The van der Waals surface area contributed by atoms with E-state index in [-0.39, 0.29) is 0 Å². The Morgan fingerprint density at radius 3 is 3.00 bits per heavy atom. The van der Waals surface area contributed by atoms with Gasteiger partial charge in [0.15, 0.2) is 6.61 Å². The fourth-order valence-corrected chi connectivity index (χ4v) is 2.13. The number of hydrogen-bond donors (Lipinski definition) is 1. The molecule has 1 aromatic rings. The van der Waals surface area contributed by atoms with Gasteiger partial charge in [0.2, 0.25) is 0 Å². The van der Waals surface area contributed by atoms with Crippen LogP contribution in [-0.2, 0) is 14.3 Å². The monoisotopic (exact) mass is 280 g/mol. The van der Waals surface area contributed by atoms with Crippen LogP contribution in [0.1, 0.15) is 5.56 Å². The molecule has 6 nitrogen and oxygen atoms in total. The van der Waals surface area contributed by atoms with Crippen LogP contribution in [0.4, 0.5) is 4.79 Å². The van der Waals surface area contributed by atoms with E-state index in [1.165, 1.54) is 17.4 Å². The lowest BCUT2D eigenvalue weighted by Crippen LogP contribution is -2.37. The maximum absolute atomic E-state index is 11.6. The van der Waals surface area contributed by atoms with Crippen molar-refractivity contribution in [2.24, 2.45) is 0 Å². The maximum atomic E-state index is 11.6. The number of esters is 1. The van der Waals surface area contributed by atoms with Crippen LogP contribution < -0.4 is 5.32 Å². The summed E-state index contributed by atoms with van der Waals surface area (Å²) in [5.41, 5.74) is 0.896. The van der Waals surface area contributed by atoms with E-state index in [1.807, 2.05) is 16.8 Å². The number of nitrogens with one attached hydrogen (secondary N) is 1. The zero-order chi connectivity index (χ0) is 13.7. The molecule has 2 rings (SSSR count). The third-order valence-corrected chi connectivity index (χ3v) is 3.15. The highest BCUT2D eigenvalue weighted by atomic mass is 32.1. The van der Waals surface area contributed by atoms with Crippen molar-refractivity contribution in [3.63, 3.8) is 0 Å². The molecule has 0 radical (unpaired) electrons. The second kappa shape index (κ2) is 6.14. The molecule has 0 bridgehead atoms. The first kappa shape index (κ1) is 13.3. The quantitative estimate of drug-likeness (QED) is 0.655. The lowest BCUT2D eigenvalue weighted by atomic mass is 10.3. The average Bonchev–Trinajstić information content (AvgIpc) is 3.04. The molecule has 1 aliphatic rings. The van der Waals surface area contributed by atoms with Crippen LogP contribution >= 0.6 is 11.3 Å². The second-order valence-electron chi connectivity index (χ2n) is 3.78. The summed E-state index contributed by atoms with van der Waals surface area (Å²) in [7, 11) is 0. The predicted octanol–water partition coefficient (Wildman–Crippen LogP) is 0.856. The van der Waals surface area contributed by atoms with Crippen molar-refractivity contribution in [1.82, 2.24) is 10.2 Å². The molecule has 100 valence electrons. The first-order valence-electron chi connectivity index (χ1n) is 5.62. The fourth-order valence-electron chi connectivity index (χ4n) is 1.50. The summed E-state index contributed by atoms with van der Waals surface area (Å²) in [5, 5.41) is 6.26. The SMILES string of the molecule is O=C(/C=C/c1ccsc1)OCC(=O)N1CCNC1=O. The number of hydrogen-bond acceptors (Lipinski definition) is 5. The number of carbonyl (C=O) groups is 3. The summed E-state index contributed by atoms with van der Waals surface area (Å²) in [6, 6.07) is 1.41. The van der Waals surface area contributed by atoms with E-state index >= 15 is 0 Å². The highest BCUT2D eigenvalue weighted by molar-refractivity contribution is 7.08. The van der Waals surface area contributed by atoms with Gasteiger partial charge in [-0.2, -0.15) is 11.3 Å². The van der Waals surface area contributed by atoms with E-state index in [0.717, 1.165) is 10.5 Å². The van der Waals surface area contributed by atoms with Crippen molar-refractivity contribution in [2.45, 2.75) is 0 Å². The normalized spacial score (nSPS) is 14.7. The minimum absolute atomic E-state index is 0.306. The third kappa shape index (κ3) is 3.65. The summed E-state index contributed by atoms with van der Waals surface area (Å²) < 4.78 is 4.77. The van der Waals surface area contributed by atoms with Crippen molar-refractivity contribution >= 4 is 35.3 Å². The number of carbonyl (C=O) groups excluding carboxylic acids is 3. The largest absolute Gasteiger partial charge is 0.452 e. The van der Waals surface area contributed by atoms with Crippen molar-refractivity contribution < 1.29 is 19.1 Å². The summed E-state index contributed by atoms with van der Waals surface area (Å²) in [4.78, 5) is 35.1. The fraction of sp³-hybridized carbons (Fsp3) is 0.250. The molecule has 0 spiro atoms. The van der Waals surface area contributed by atoms with Crippen molar-refractivity contribution in [3.05, 3.63) is 28.5 Å². The molecule has 0 unspecified atom stereocenters. The standard InChI is InChI=1S/C12H12N2O4S/c15-10(14-5-4-13-12(14)17)7-18-11(16)2-1-9-3-6-19-8-9/h1-3,6,8H,4-5,7H2,(H,13,17)/b2-1+. The van der Waals surface area contributed by atoms with Gasteiger partial charge in [0.1, 0.15) is 0 Å². The topological polar surface area (TPSA) is 75.7 Å². The summed E-state index contributed by atoms with van der Waals surface area (Å²) >= 11 is 1.52. The number of imide groups is 1. The molecule has 0 saturated carbocycles. The van der Waals surface area contributed by atoms with Gasteiger partial charge >= 0.3 is 12.0 Å². The van der Waals surface area contributed by atoms with Gasteiger partial charge < -0.3 is 10.1 Å². The number of amides is 3. The van der Waals surface area contributed by atoms with Gasteiger partial charge in [0, 0.05) is 19.2 Å². The molecular formula is C12H12N2O4S. The van der Waals surface area contributed by atoms with Gasteiger partial charge in [-0.25, -0.2) is 9.59 Å². The molecule has 19 heavy (non-hydrogen) atoms. The van der Waals surface area contributed by atoms with Crippen LogP contribution in [0, 0.1) is 0 Å². The van der Waals surface area contributed by atoms with Crippen molar-refractivity contribution in [2.75, 3.05) is 19.7 Å². The molecule has 1 N–H and O–H groups in total. The Morgan fingerprint density at radius 1 is 1.53 bits per heavy atom. The van der Waals surface area contributed by atoms with E-state index in [4.69, 9.17) is 4.74 Å². The Balaban J connectivity index is 1.77. The lowest BCUT2D eigenvalue weighted by molar-refractivity contribution is -0.146. The molecule has 0 aliphatic carbocycles. The van der Waals surface area contributed by atoms with Gasteiger partial charge in [-0.05, 0) is 28.5 Å². The number of nitrogens with zero attached hydrogens (tertiary/aromatic N) is 1.